The number of hydrogen-bond donors (Lipinski definition) is 2. The molecule has 0 radical (unpaired) electrons. The quantitative estimate of drug-likeness (QED) is 0.338. The molecule has 2 fully saturated rings. The van der Waals surface area contributed by atoms with Gasteiger partial charge in [-0.15, -0.1) is 24.0 Å². The van der Waals surface area contributed by atoms with Gasteiger partial charge >= 0.3 is 6.18 Å². The zero-order chi connectivity index (χ0) is 20.1. The largest absolute Gasteiger partial charge is 0.416 e. The van der Waals surface area contributed by atoms with Gasteiger partial charge in [0.15, 0.2) is 5.96 Å². The number of nitrogens with zero attached hydrogens (tertiary/aromatic N) is 2. The Morgan fingerprint density at radius 2 is 1.86 bits per heavy atom. The van der Waals surface area contributed by atoms with Crippen LogP contribution in [0.1, 0.15) is 37.4 Å². The van der Waals surface area contributed by atoms with E-state index in [0.29, 0.717) is 31.7 Å². The van der Waals surface area contributed by atoms with Gasteiger partial charge in [-0.3, -0.25) is 9.89 Å². The molecule has 2 aliphatic rings. The molecule has 0 amide bonds. The van der Waals surface area contributed by atoms with Crippen LogP contribution in [0.5, 0.6) is 0 Å². The second-order valence-corrected chi connectivity index (χ2v) is 7.47. The lowest BCUT2D eigenvalue weighted by molar-refractivity contribution is -0.137. The van der Waals surface area contributed by atoms with E-state index >= 15 is 0 Å². The predicted octanol–water partition coefficient (Wildman–Crippen LogP) is 3.66. The van der Waals surface area contributed by atoms with E-state index in [0.717, 1.165) is 49.7 Å². The number of nitrogens with one attached hydrogen (secondary N) is 2. The third kappa shape index (κ3) is 6.99. The molecule has 1 saturated carbocycles. The Morgan fingerprint density at radius 3 is 2.38 bits per heavy atom. The Bertz CT molecular complexity index is 663. The highest BCUT2D eigenvalue weighted by Crippen LogP contribution is 2.31. The first-order valence-corrected chi connectivity index (χ1v) is 9.92. The number of ether oxygens (including phenoxy) is 1. The summed E-state index contributed by atoms with van der Waals surface area (Å²) in [4.78, 5) is 6.98. The maximum atomic E-state index is 12.9. The van der Waals surface area contributed by atoms with Crippen molar-refractivity contribution in [3.63, 3.8) is 0 Å². The molecular weight excluding hydrogens is 496 g/mol. The lowest BCUT2D eigenvalue weighted by Crippen LogP contribution is -2.42. The topological polar surface area (TPSA) is 48.9 Å². The van der Waals surface area contributed by atoms with Gasteiger partial charge < -0.3 is 15.4 Å². The summed E-state index contributed by atoms with van der Waals surface area (Å²) < 4.78 is 44.2. The number of alkyl halides is 3. The SMILES string of the molecule is CCNC(=NCC(c1ccc(C(F)(F)F)cc1)N1CCOCC1)NC1CC1C.I. The molecule has 1 aliphatic carbocycles. The second kappa shape index (κ2) is 10.8. The van der Waals surface area contributed by atoms with Gasteiger partial charge in [-0.2, -0.15) is 13.2 Å². The average Bonchev–Trinajstić information content (AvgIpc) is 3.37. The van der Waals surface area contributed by atoms with Crippen molar-refractivity contribution >= 4 is 29.9 Å². The van der Waals surface area contributed by atoms with Crippen LogP contribution in [0.2, 0.25) is 0 Å². The highest BCUT2D eigenvalue weighted by atomic mass is 127. The molecule has 1 heterocycles. The van der Waals surface area contributed by atoms with Crippen LogP contribution in [0.4, 0.5) is 13.2 Å². The molecule has 3 unspecified atom stereocenters. The fraction of sp³-hybridized carbons (Fsp3) is 0.650. The number of morpholine rings is 1. The van der Waals surface area contributed by atoms with Crippen molar-refractivity contribution in [3.05, 3.63) is 35.4 Å². The number of aliphatic imine (C=N–C) groups is 1. The van der Waals surface area contributed by atoms with Crippen molar-refractivity contribution in [2.75, 3.05) is 39.4 Å². The van der Waals surface area contributed by atoms with E-state index in [2.05, 4.69) is 22.5 Å². The summed E-state index contributed by atoms with van der Waals surface area (Å²) in [6.45, 7) is 8.17. The van der Waals surface area contributed by atoms with E-state index in [4.69, 9.17) is 9.73 Å². The lowest BCUT2D eigenvalue weighted by Gasteiger charge is -2.34. The van der Waals surface area contributed by atoms with Crippen LogP contribution in [0.3, 0.4) is 0 Å². The Labute approximate surface area is 187 Å². The molecule has 3 rings (SSSR count). The predicted molar refractivity (Wildman–Crippen MR) is 119 cm³/mol. The summed E-state index contributed by atoms with van der Waals surface area (Å²) in [5.41, 5.74) is 0.215. The normalized spacial score (nSPS) is 23.8. The van der Waals surface area contributed by atoms with Gasteiger partial charge in [0, 0.05) is 25.7 Å². The molecule has 0 spiro atoms. The maximum absolute atomic E-state index is 12.9. The van der Waals surface area contributed by atoms with Crippen molar-refractivity contribution < 1.29 is 17.9 Å². The van der Waals surface area contributed by atoms with E-state index in [-0.39, 0.29) is 30.0 Å². The van der Waals surface area contributed by atoms with Gasteiger partial charge in [-0.1, -0.05) is 19.1 Å². The molecule has 1 aromatic carbocycles. The first-order chi connectivity index (χ1) is 13.4. The molecule has 29 heavy (non-hydrogen) atoms. The maximum Gasteiger partial charge on any atom is 0.416 e. The summed E-state index contributed by atoms with van der Waals surface area (Å²) >= 11 is 0. The van der Waals surface area contributed by atoms with E-state index in [1.165, 1.54) is 0 Å². The molecule has 0 bridgehead atoms. The van der Waals surface area contributed by atoms with Crippen molar-refractivity contribution in [1.29, 1.82) is 0 Å². The zero-order valence-corrected chi connectivity index (χ0v) is 19.2. The summed E-state index contributed by atoms with van der Waals surface area (Å²) in [5, 5.41) is 6.69. The van der Waals surface area contributed by atoms with Gasteiger partial charge in [-0.25, -0.2) is 0 Å². The number of halogens is 4. The standard InChI is InChI=1S/C20H29F3N4O.HI/c1-3-24-19(26-17-12-14(17)2)25-13-18(27-8-10-28-11-9-27)15-4-6-16(7-5-15)20(21,22)23;/h4-7,14,17-18H,3,8-13H2,1-2H3,(H2,24,25,26);1H. The lowest BCUT2D eigenvalue weighted by atomic mass is 10.0. The van der Waals surface area contributed by atoms with Crippen molar-refractivity contribution in [2.24, 2.45) is 10.9 Å². The van der Waals surface area contributed by atoms with Gasteiger partial charge in [-0.05, 0) is 37.0 Å². The average molecular weight is 526 g/mol. The van der Waals surface area contributed by atoms with E-state index in [9.17, 15) is 13.2 Å². The van der Waals surface area contributed by atoms with Gasteiger partial charge in [0.1, 0.15) is 0 Å². The fourth-order valence-electron chi connectivity index (χ4n) is 3.41. The summed E-state index contributed by atoms with van der Waals surface area (Å²) in [6, 6.07) is 5.82. The Morgan fingerprint density at radius 1 is 1.24 bits per heavy atom. The zero-order valence-electron chi connectivity index (χ0n) is 16.8. The molecule has 0 aromatic heterocycles. The minimum absolute atomic E-state index is 0. The Kier molecular flexibility index (Phi) is 9.02. The van der Waals surface area contributed by atoms with Gasteiger partial charge in [0.05, 0.1) is 31.4 Å². The van der Waals surface area contributed by atoms with E-state index in [1.807, 2.05) is 6.92 Å². The van der Waals surface area contributed by atoms with Gasteiger partial charge in [0.25, 0.3) is 0 Å². The van der Waals surface area contributed by atoms with E-state index < -0.39 is 11.7 Å². The Hall–Kier alpha value is -1.07. The van der Waals surface area contributed by atoms with Crippen LogP contribution in [-0.2, 0) is 10.9 Å². The first kappa shape index (κ1) is 24.2. The summed E-state index contributed by atoms with van der Waals surface area (Å²) in [7, 11) is 0. The third-order valence-corrected chi connectivity index (χ3v) is 5.31. The van der Waals surface area contributed by atoms with Crippen molar-refractivity contribution in [1.82, 2.24) is 15.5 Å². The minimum Gasteiger partial charge on any atom is -0.379 e. The Balaban J connectivity index is 0.00000300. The molecule has 5 nitrogen and oxygen atoms in total. The number of benzene rings is 1. The van der Waals surface area contributed by atoms with E-state index in [1.54, 1.807) is 12.1 Å². The molecule has 164 valence electrons. The summed E-state index contributed by atoms with van der Waals surface area (Å²) in [5.74, 6) is 1.41. The monoisotopic (exact) mass is 526 g/mol. The highest BCUT2D eigenvalue weighted by Gasteiger charge is 2.33. The second-order valence-electron chi connectivity index (χ2n) is 7.47. The summed E-state index contributed by atoms with van der Waals surface area (Å²) in [6.07, 6.45) is -3.19. The highest BCUT2D eigenvalue weighted by molar-refractivity contribution is 14.0. The fourth-order valence-corrected chi connectivity index (χ4v) is 3.41. The smallest absolute Gasteiger partial charge is 0.379 e. The molecule has 1 saturated heterocycles. The number of guanidine groups is 1. The third-order valence-electron chi connectivity index (χ3n) is 5.31. The van der Waals surface area contributed by atoms with Gasteiger partial charge in [0.2, 0.25) is 0 Å². The van der Waals surface area contributed by atoms with Crippen molar-refractivity contribution in [2.45, 2.75) is 38.5 Å². The van der Waals surface area contributed by atoms with Crippen LogP contribution in [0.15, 0.2) is 29.3 Å². The van der Waals surface area contributed by atoms with Crippen LogP contribution in [0, 0.1) is 5.92 Å². The number of hydrogen-bond acceptors (Lipinski definition) is 3. The van der Waals surface area contributed by atoms with Crippen LogP contribution in [-0.4, -0.2) is 56.3 Å². The minimum atomic E-state index is -4.33. The number of rotatable bonds is 6. The van der Waals surface area contributed by atoms with Crippen molar-refractivity contribution in [3.8, 4) is 0 Å². The molecule has 3 atom stereocenters. The molecule has 9 heteroatoms. The molecular formula is C20H30F3IN4O. The molecule has 2 N–H and O–H groups in total. The van der Waals surface area contributed by atoms with Crippen LogP contribution in [0.25, 0.3) is 0 Å². The van der Waals surface area contributed by atoms with Crippen LogP contribution < -0.4 is 10.6 Å². The van der Waals surface area contributed by atoms with Crippen LogP contribution >= 0.6 is 24.0 Å². The molecule has 1 aromatic rings. The first-order valence-electron chi connectivity index (χ1n) is 9.92. The molecule has 1 aliphatic heterocycles.